The van der Waals surface area contributed by atoms with E-state index in [1.165, 1.54) is 0 Å². The van der Waals surface area contributed by atoms with Crippen LogP contribution in [0.25, 0.3) is 11.6 Å². The number of aliphatic carboxylic acids is 1. The Balaban J connectivity index is 2.00. The second-order valence-corrected chi connectivity index (χ2v) is 5.36. The van der Waals surface area contributed by atoms with E-state index in [-0.39, 0.29) is 5.91 Å². The fourth-order valence-corrected chi connectivity index (χ4v) is 2.51. The van der Waals surface area contributed by atoms with Gasteiger partial charge in [0.15, 0.2) is 6.61 Å². The maximum Gasteiger partial charge on any atom is 0.341 e. The highest BCUT2D eigenvalue weighted by molar-refractivity contribution is 6.36. The zero-order chi connectivity index (χ0) is 16.4. The number of hydrogen-bond acceptors (Lipinski definition) is 3. The summed E-state index contributed by atoms with van der Waals surface area (Å²) >= 11 is 5.93. The third-order valence-electron chi connectivity index (χ3n) is 3.33. The van der Waals surface area contributed by atoms with E-state index >= 15 is 0 Å². The highest BCUT2D eigenvalue weighted by Crippen LogP contribution is 2.36. The summed E-state index contributed by atoms with van der Waals surface area (Å²) in [6.07, 6.45) is 1.67. The summed E-state index contributed by atoms with van der Waals surface area (Å²) in [6.45, 7) is -0.446. The molecule has 0 spiro atoms. The first-order valence-electron chi connectivity index (χ1n) is 6.81. The van der Waals surface area contributed by atoms with Crippen LogP contribution in [-0.4, -0.2) is 23.6 Å². The molecule has 1 amide bonds. The first-order chi connectivity index (χ1) is 11.0. The Kier molecular flexibility index (Phi) is 4.04. The van der Waals surface area contributed by atoms with E-state index in [0.717, 1.165) is 5.56 Å². The third kappa shape index (κ3) is 3.19. The van der Waals surface area contributed by atoms with E-state index in [1.807, 2.05) is 0 Å². The molecule has 0 saturated carbocycles. The van der Waals surface area contributed by atoms with Crippen molar-refractivity contribution in [2.24, 2.45) is 0 Å². The summed E-state index contributed by atoms with van der Waals surface area (Å²) in [4.78, 5) is 22.8. The minimum absolute atomic E-state index is 0.240. The fourth-order valence-electron chi connectivity index (χ4n) is 2.34. The van der Waals surface area contributed by atoms with Crippen molar-refractivity contribution in [3.05, 3.63) is 58.6 Å². The largest absolute Gasteiger partial charge is 0.481 e. The van der Waals surface area contributed by atoms with E-state index < -0.39 is 12.6 Å². The molecule has 0 aromatic heterocycles. The number of halogens is 1. The smallest absolute Gasteiger partial charge is 0.341 e. The number of carboxylic acids is 1. The zero-order valence-corrected chi connectivity index (χ0v) is 12.6. The van der Waals surface area contributed by atoms with E-state index in [9.17, 15) is 9.59 Å². The molecule has 0 bridgehead atoms. The lowest BCUT2D eigenvalue weighted by atomic mass is 10.0. The van der Waals surface area contributed by atoms with Crippen molar-refractivity contribution in [3.8, 4) is 5.75 Å². The van der Waals surface area contributed by atoms with Gasteiger partial charge in [-0.1, -0.05) is 35.9 Å². The molecule has 2 aromatic rings. The van der Waals surface area contributed by atoms with Gasteiger partial charge in [-0.25, -0.2) is 4.79 Å². The van der Waals surface area contributed by atoms with Crippen molar-refractivity contribution in [2.45, 2.75) is 0 Å². The average Bonchev–Trinajstić information content (AvgIpc) is 2.81. The Hall–Kier alpha value is -2.79. The molecule has 0 unspecified atom stereocenters. The van der Waals surface area contributed by atoms with Gasteiger partial charge in [0.1, 0.15) is 5.75 Å². The summed E-state index contributed by atoms with van der Waals surface area (Å²) in [6, 6.07) is 12.1. The van der Waals surface area contributed by atoms with Crippen molar-refractivity contribution in [1.82, 2.24) is 0 Å². The summed E-state index contributed by atoms with van der Waals surface area (Å²) in [5.41, 5.74) is 2.50. The number of amides is 1. The van der Waals surface area contributed by atoms with Crippen molar-refractivity contribution in [2.75, 3.05) is 11.9 Å². The lowest BCUT2D eigenvalue weighted by Gasteiger charge is -2.07. The van der Waals surface area contributed by atoms with Crippen LogP contribution in [0.2, 0.25) is 5.02 Å². The Morgan fingerprint density at radius 2 is 2.04 bits per heavy atom. The van der Waals surface area contributed by atoms with Gasteiger partial charge in [-0.3, -0.25) is 4.79 Å². The van der Waals surface area contributed by atoms with Gasteiger partial charge in [0.2, 0.25) is 0 Å². The van der Waals surface area contributed by atoms with E-state index in [2.05, 4.69) is 5.32 Å². The third-order valence-corrected chi connectivity index (χ3v) is 3.57. The monoisotopic (exact) mass is 329 g/mol. The maximum atomic E-state index is 12.2. The predicted molar refractivity (Wildman–Crippen MR) is 87.5 cm³/mol. The molecule has 116 valence electrons. The van der Waals surface area contributed by atoms with Gasteiger partial charge in [0.05, 0.1) is 5.69 Å². The van der Waals surface area contributed by atoms with Crippen LogP contribution < -0.4 is 10.1 Å². The van der Waals surface area contributed by atoms with Gasteiger partial charge >= 0.3 is 5.97 Å². The molecule has 0 radical (unpaired) electrons. The Morgan fingerprint density at radius 3 is 2.83 bits per heavy atom. The fraction of sp³-hybridized carbons (Fsp3) is 0.0588. The number of para-hydroxylation sites is 1. The molecule has 1 heterocycles. The van der Waals surface area contributed by atoms with Crippen molar-refractivity contribution < 1.29 is 19.4 Å². The number of anilines is 1. The van der Waals surface area contributed by atoms with E-state index in [0.29, 0.717) is 27.6 Å². The molecule has 1 aliphatic heterocycles. The number of carbonyl (C=O) groups is 2. The number of benzene rings is 2. The van der Waals surface area contributed by atoms with Crippen LogP contribution in [0.1, 0.15) is 11.1 Å². The first kappa shape index (κ1) is 15.1. The quantitative estimate of drug-likeness (QED) is 0.844. The number of ether oxygens (including phenoxy) is 1. The lowest BCUT2D eigenvalue weighted by molar-refractivity contribution is -0.139. The molecule has 23 heavy (non-hydrogen) atoms. The highest BCUT2D eigenvalue weighted by atomic mass is 35.5. The molecule has 2 N–H and O–H groups in total. The lowest BCUT2D eigenvalue weighted by Crippen LogP contribution is -2.10. The first-order valence-corrected chi connectivity index (χ1v) is 7.19. The Bertz CT molecular complexity index is 829. The standard InChI is InChI=1S/C17H12ClNO4/c18-11-5-6-12-13(17(22)19-14(12)8-11)7-10-3-1-2-4-15(10)23-9-16(20)21/h1-8H,9H2,(H,19,22)(H,20,21)/b13-7+. The average molecular weight is 330 g/mol. The van der Waals surface area contributed by atoms with Gasteiger partial charge in [-0.05, 0) is 24.3 Å². The molecule has 5 nitrogen and oxygen atoms in total. The summed E-state index contributed by atoms with van der Waals surface area (Å²) in [5.74, 6) is -0.904. The highest BCUT2D eigenvalue weighted by Gasteiger charge is 2.24. The van der Waals surface area contributed by atoms with Crippen LogP contribution in [-0.2, 0) is 9.59 Å². The second kappa shape index (κ2) is 6.14. The normalized spacial score (nSPS) is 14.5. The van der Waals surface area contributed by atoms with Crippen LogP contribution in [0, 0.1) is 0 Å². The molecule has 0 fully saturated rings. The topological polar surface area (TPSA) is 75.6 Å². The molecule has 3 rings (SSSR count). The summed E-state index contributed by atoms with van der Waals surface area (Å²) < 4.78 is 5.25. The van der Waals surface area contributed by atoms with E-state index in [1.54, 1.807) is 48.5 Å². The van der Waals surface area contributed by atoms with Crippen molar-refractivity contribution >= 4 is 40.8 Å². The molecular formula is C17H12ClNO4. The molecule has 1 aliphatic rings. The van der Waals surface area contributed by atoms with Gasteiger partial charge in [-0.2, -0.15) is 0 Å². The summed E-state index contributed by atoms with van der Waals surface area (Å²) in [7, 11) is 0. The number of carbonyl (C=O) groups excluding carboxylic acids is 1. The van der Waals surface area contributed by atoms with Crippen LogP contribution in [0.3, 0.4) is 0 Å². The van der Waals surface area contributed by atoms with Gasteiger partial charge in [0.25, 0.3) is 5.91 Å². The number of rotatable bonds is 4. The van der Waals surface area contributed by atoms with E-state index in [4.69, 9.17) is 21.4 Å². The summed E-state index contributed by atoms with van der Waals surface area (Å²) in [5, 5.41) is 12.0. The second-order valence-electron chi connectivity index (χ2n) is 4.92. The van der Waals surface area contributed by atoms with Crippen LogP contribution in [0.5, 0.6) is 5.75 Å². The molecular weight excluding hydrogens is 318 g/mol. The van der Waals surface area contributed by atoms with Crippen molar-refractivity contribution in [1.29, 1.82) is 0 Å². The Morgan fingerprint density at radius 1 is 1.26 bits per heavy atom. The molecule has 0 atom stereocenters. The van der Waals surface area contributed by atoms with Crippen LogP contribution >= 0.6 is 11.6 Å². The van der Waals surface area contributed by atoms with Crippen LogP contribution in [0.4, 0.5) is 5.69 Å². The minimum Gasteiger partial charge on any atom is -0.481 e. The number of nitrogens with one attached hydrogen (secondary N) is 1. The van der Waals surface area contributed by atoms with Gasteiger partial charge in [0, 0.05) is 21.7 Å². The minimum atomic E-state index is -1.06. The number of fused-ring (bicyclic) bond motifs is 1. The number of hydrogen-bond donors (Lipinski definition) is 2. The van der Waals surface area contributed by atoms with Crippen LogP contribution in [0.15, 0.2) is 42.5 Å². The molecule has 0 saturated heterocycles. The maximum absolute atomic E-state index is 12.2. The zero-order valence-electron chi connectivity index (χ0n) is 11.9. The Labute approximate surface area is 137 Å². The number of carboxylic acid groups (broad SMARTS) is 1. The molecule has 6 heteroatoms. The van der Waals surface area contributed by atoms with Crippen molar-refractivity contribution in [3.63, 3.8) is 0 Å². The van der Waals surface area contributed by atoms with Gasteiger partial charge in [-0.15, -0.1) is 0 Å². The molecule has 2 aromatic carbocycles. The predicted octanol–water partition coefficient (Wildman–Crippen LogP) is 3.30. The molecule has 0 aliphatic carbocycles. The van der Waals surface area contributed by atoms with Gasteiger partial charge < -0.3 is 15.2 Å². The SMILES string of the molecule is O=C(O)COc1ccccc1/C=C1/C(=O)Nc2cc(Cl)ccc21.